The number of nitrogens with zero attached hydrogens (tertiary/aromatic N) is 2. The lowest BCUT2D eigenvalue weighted by atomic mass is 10.2. The van der Waals surface area contributed by atoms with Crippen LogP contribution in [-0.4, -0.2) is 65.6 Å². The number of likely N-dealkylation sites (tertiary alicyclic amines) is 1. The van der Waals surface area contributed by atoms with Gasteiger partial charge in [0.05, 0.1) is 25.7 Å². The number of oxazole rings is 1. The third kappa shape index (κ3) is 5.86. The van der Waals surface area contributed by atoms with Crippen LogP contribution < -0.4 is 14.8 Å². The summed E-state index contributed by atoms with van der Waals surface area (Å²) in [6.07, 6.45) is 2.25. The lowest BCUT2D eigenvalue weighted by Crippen LogP contribution is -2.41. The summed E-state index contributed by atoms with van der Waals surface area (Å²) in [5.74, 6) is 2.11. The van der Waals surface area contributed by atoms with E-state index < -0.39 is 10.8 Å². The van der Waals surface area contributed by atoms with E-state index in [0.717, 1.165) is 31.5 Å². The summed E-state index contributed by atoms with van der Waals surface area (Å²) in [5, 5.41) is 2.93. The fraction of sp³-hybridized carbons (Fsp3) is 0.545. The average Bonchev–Trinajstić information content (AvgIpc) is 3.37. The Bertz CT molecular complexity index is 930. The van der Waals surface area contributed by atoms with Gasteiger partial charge in [-0.3, -0.25) is 13.9 Å². The molecule has 0 spiro atoms. The van der Waals surface area contributed by atoms with Crippen molar-refractivity contribution in [1.29, 1.82) is 0 Å². The highest BCUT2D eigenvalue weighted by atomic mass is 32.2. The molecule has 9 heteroatoms. The second-order valence-corrected chi connectivity index (χ2v) is 9.01. The van der Waals surface area contributed by atoms with Crippen molar-refractivity contribution in [3.63, 3.8) is 0 Å². The number of hydrogen-bond donors (Lipinski definition) is 1. The van der Waals surface area contributed by atoms with Gasteiger partial charge in [-0.25, -0.2) is 4.98 Å². The van der Waals surface area contributed by atoms with Crippen molar-refractivity contribution in [1.82, 2.24) is 15.2 Å². The number of rotatable bonds is 10. The van der Waals surface area contributed by atoms with E-state index in [1.807, 2.05) is 6.07 Å². The van der Waals surface area contributed by atoms with Gasteiger partial charge in [0.15, 0.2) is 11.5 Å². The molecule has 1 fully saturated rings. The number of benzene rings is 1. The molecule has 1 N–H and O–H groups in total. The highest BCUT2D eigenvalue weighted by Crippen LogP contribution is 2.32. The minimum absolute atomic E-state index is 0.0448. The Morgan fingerprint density at radius 2 is 2.10 bits per heavy atom. The number of amides is 1. The van der Waals surface area contributed by atoms with Crippen molar-refractivity contribution in [2.45, 2.75) is 38.5 Å². The Labute approximate surface area is 185 Å². The van der Waals surface area contributed by atoms with Gasteiger partial charge < -0.3 is 19.2 Å². The second-order valence-electron chi connectivity index (χ2n) is 7.55. The second kappa shape index (κ2) is 10.8. The Morgan fingerprint density at radius 1 is 1.32 bits per heavy atom. The van der Waals surface area contributed by atoms with E-state index in [9.17, 15) is 9.00 Å². The molecule has 2 heterocycles. The summed E-state index contributed by atoms with van der Waals surface area (Å²) in [6.45, 7) is 6.59. The van der Waals surface area contributed by atoms with E-state index in [0.29, 0.717) is 41.4 Å². The number of hydrogen-bond acceptors (Lipinski definition) is 7. The summed E-state index contributed by atoms with van der Waals surface area (Å²) < 4.78 is 28.9. The van der Waals surface area contributed by atoms with Crippen LogP contribution in [0, 0.1) is 6.92 Å². The molecule has 0 unspecified atom stereocenters. The van der Waals surface area contributed by atoms with E-state index in [1.165, 1.54) is 0 Å². The maximum Gasteiger partial charge on any atom is 0.232 e. The zero-order valence-corrected chi connectivity index (χ0v) is 19.4. The SMILES string of the molecule is CCN1CCC[C@H]1CNC(=O)C[S@@](=O)Cc1nc(-c2ccc(OC)c(OC)c2)oc1C. The Kier molecular flexibility index (Phi) is 8.09. The minimum atomic E-state index is -1.37. The molecule has 8 nitrogen and oxygen atoms in total. The summed E-state index contributed by atoms with van der Waals surface area (Å²) in [7, 11) is 1.77. The van der Waals surface area contributed by atoms with Crippen molar-refractivity contribution in [3.05, 3.63) is 29.7 Å². The molecule has 0 aliphatic carbocycles. The standard InChI is InChI=1S/C22H31N3O5S/c1-5-25-10-6-7-17(25)12-23-21(26)14-31(27)13-18-15(2)30-22(24-18)16-8-9-19(28-3)20(11-16)29-4/h8-9,11,17H,5-7,10,12-14H2,1-4H3,(H,23,26)/t17-,31-/m0/s1. The third-order valence-electron chi connectivity index (χ3n) is 5.55. The van der Waals surface area contributed by atoms with Gasteiger partial charge in [0, 0.05) is 28.9 Å². The smallest absolute Gasteiger partial charge is 0.232 e. The number of likely N-dealkylation sites (N-methyl/N-ethyl adjacent to an activating group) is 1. The quantitative estimate of drug-likeness (QED) is 0.596. The third-order valence-corrected chi connectivity index (χ3v) is 6.73. The molecule has 2 aromatic rings. The van der Waals surface area contributed by atoms with Crippen molar-refractivity contribution in [3.8, 4) is 23.0 Å². The number of carbonyl (C=O) groups excluding carboxylic acids is 1. The number of carbonyl (C=O) groups is 1. The lowest BCUT2D eigenvalue weighted by molar-refractivity contribution is -0.118. The molecule has 2 atom stereocenters. The van der Waals surface area contributed by atoms with E-state index >= 15 is 0 Å². The molecule has 0 saturated carbocycles. The van der Waals surface area contributed by atoms with Gasteiger partial charge >= 0.3 is 0 Å². The first kappa shape index (κ1) is 23.3. The van der Waals surface area contributed by atoms with E-state index in [1.54, 1.807) is 33.3 Å². The number of ether oxygens (including phenoxy) is 2. The first-order valence-electron chi connectivity index (χ1n) is 10.5. The molecule has 31 heavy (non-hydrogen) atoms. The first-order valence-corrected chi connectivity index (χ1v) is 12.0. The van der Waals surface area contributed by atoms with Gasteiger partial charge in [-0.05, 0) is 51.1 Å². The monoisotopic (exact) mass is 449 g/mol. The molecule has 1 amide bonds. The zero-order chi connectivity index (χ0) is 22.4. The van der Waals surface area contributed by atoms with E-state index in [2.05, 4.69) is 22.1 Å². The minimum Gasteiger partial charge on any atom is -0.493 e. The molecular weight excluding hydrogens is 418 g/mol. The average molecular weight is 450 g/mol. The topological polar surface area (TPSA) is 93.9 Å². The van der Waals surface area contributed by atoms with Crippen LogP contribution in [0.4, 0.5) is 0 Å². The normalized spacial score (nSPS) is 17.5. The maximum atomic E-state index is 12.5. The predicted octanol–water partition coefficient (Wildman–Crippen LogP) is 2.52. The van der Waals surface area contributed by atoms with Crippen molar-refractivity contribution in [2.24, 2.45) is 0 Å². The fourth-order valence-corrected chi connectivity index (χ4v) is 4.90. The molecule has 1 aromatic carbocycles. The van der Waals surface area contributed by atoms with Crippen LogP contribution in [0.1, 0.15) is 31.2 Å². The van der Waals surface area contributed by atoms with Crippen molar-refractivity contribution in [2.75, 3.05) is 39.6 Å². The van der Waals surface area contributed by atoms with Crippen molar-refractivity contribution >= 4 is 16.7 Å². The molecule has 1 aromatic heterocycles. The van der Waals surface area contributed by atoms with Crippen LogP contribution in [0.2, 0.25) is 0 Å². The summed E-state index contributed by atoms with van der Waals surface area (Å²) in [5.41, 5.74) is 1.32. The van der Waals surface area contributed by atoms with E-state index in [-0.39, 0.29) is 17.4 Å². The number of aryl methyl sites for hydroxylation is 1. The molecule has 170 valence electrons. The van der Waals surface area contributed by atoms with Gasteiger partial charge in [-0.15, -0.1) is 0 Å². The first-order chi connectivity index (χ1) is 14.9. The van der Waals surface area contributed by atoms with Crippen LogP contribution >= 0.6 is 0 Å². The number of methoxy groups -OCH3 is 2. The van der Waals surface area contributed by atoms with Gasteiger partial charge in [-0.1, -0.05) is 6.92 Å². The maximum absolute atomic E-state index is 12.5. The van der Waals surface area contributed by atoms with Gasteiger partial charge in [-0.2, -0.15) is 0 Å². The van der Waals surface area contributed by atoms with E-state index in [4.69, 9.17) is 13.9 Å². The highest BCUT2D eigenvalue weighted by Gasteiger charge is 2.23. The molecular formula is C22H31N3O5S. The largest absolute Gasteiger partial charge is 0.493 e. The summed E-state index contributed by atoms with van der Waals surface area (Å²) >= 11 is 0. The fourth-order valence-electron chi connectivity index (χ4n) is 3.83. The molecule has 0 bridgehead atoms. The molecule has 0 radical (unpaired) electrons. The molecule has 3 rings (SSSR count). The predicted molar refractivity (Wildman–Crippen MR) is 120 cm³/mol. The molecule has 1 saturated heterocycles. The Hall–Kier alpha value is -2.39. The van der Waals surface area contributed by atoms with Crippen LogP contribution in [0.3, 0.4) is 0 Å². The Balaban J connectivity index is 1.57. The Morgan fingerprint density at radius 3 is 2.81 bits per heavy atom. The summed E-state index contributed by atoms with van der Waals surface area (Å²) in [6, 6.07) is 5.76. The number of nitrogens with one attached hydrogen (secondary N) is 1. The van der Waals surface area contributed by atoms with Crippen LogP contribution in [-0.2, 0) is 21.3 Å². The van der Waals surface area contributed by atoms with Gasteiger partial charge in [0.2, 0.25) is 11.8 Å². The van der Waals surface area contributed by atoms with Crippen LogP contribution in [0.15, 0.2) is 22.6 Å². The van der Waals surface area contributed by atoms with Crippen LogP contribution in [0.25, 0.3) is 11.5 Å². The lowest BCUT2D eigenvalue weighted by Gasteiger charge is -2.22. The molecule has 1 aliphatic heterocycles. The van der Waals surface area contributed by atoms with Crippen molar-refractivity contribution < 1.29 is 22.9 Å². The van der Waals surface area contributed by atoms with Gasteiger partial charge in [0.1, 0.15) is 11.5 Å². The zero-order valence-electron chi connectivity index (χ0n) is 18.6. The molecule has 1 aliphatic rings. The highest BCUT2D eigenvalue weighted by molar-refractivity contribution is 7.84. The van der Waals surface area contributed by atoms with Gasteiger partial charge in [0.25, 0.3) is 0 Å². The van der Waals surface area contributed by atoms with Crippen LogP contribution in [0.5, 0.6) is 11.5 Å². The summed E-state index contributed by atoms with van der Waals surface area (Å²) in [4.78, 5) is 19.1. The number of aromatic nitrogens is 1.